The van der Waals surface area contributed by atoms with Crippen LogP contribution in [-0.2, 0) is 11.3 Å². The van der Waals surface area contributed by atoms with Crippen LogP contribution in [0.25, 0.3) is 0 Å². The summed E-state index contributed by atoms with van der Waals surface area (Å²) in [6, 6.07) is 16.2. The lowest BCUT2D eigenvalue weighted by Gasteiger charge is -2.34. The Kier molecular flexibility index (Phi) is 6.45. The Bertz CT molecular complexity index is 733. The predicted molar refractivity (Wildman–Crippen MR) is 108 cm³/mol. The molecule has 26 heavy (non-hydrogen) atoms. The molecule has 0 unspecified atom stereocenters. The molecular weight excluding hydrogens is 344 g/mol. The zero-order chi connectivity index (χ0) is 18.4. The number of nitrogens with zero attached hydrogens (tertiary/aromatic N) is 1. The summed E-state index contributed by atoms with van der Waals surface area (Å²) in [7, 11) is 0. The highest BCUT2D eigenvalue weighted by atomic mass is 32.2. The van der Waals surface area contributed by atoms with Gasteiger partial charge >= 0.3 is 0 Å². The quantitative estimate of drug-likeness (QED) is 0.797. The molecule has 4 nitrogen and oxygen atoms in total. The fourth-order valence-electron chi connectivity index (χ4n) is 3.04. The van der Waals surface area contributed by atoms with Gasteiger partial charge in [0.2, 0.25) is 5.91 Å². The number of ether oxygens (including phenoxy) is 1. The van der Waals surface area contributed by atoms with Crippen LogP contribution in [0.2, 0.25) is 0 Å². The van der Waals surface area contributed by atoms with Crippen molar-refractivity contribution in [1.82, 2.24) is 5.32 Å². The molecule has 5 heteroatoms. The molecule has 3 rings (SSSR count). The van der Waals surface area contributed by atoms with Gasteiger partial charge in [-0.05, 0) is 43.2 Å². The minimum absolute atomic E-state index is 0.0513. The van der Waals surface area contributed by atoms with Crippen LogP contribution in [-0.4, -0.2) is 30.9 Å². The average Bonchev–Trinajstić information content (AvgIpc) is 2.67. The molecular formula is C21H26N2O2S. The maximum absolute atomic E-state index is 12.5. The summed E-state index contributed by atoms with van der Waals surface area (Å²) in [6.07, 6.45) is 1.10. The van der Waals surface area contributed by atoms with Gasteiger partial charge in [-0.3, -0.25) is 4.79 Å². The summed E-state index contributed by atoms with van der Waals surface area (Å²) in [4.78, 5) is 15.9. The first kappa shape index (κ1) is 18.6. The van der Waals surface area contributed by atoms with E-state index in [1.807, 2.05) is 49.0 Å². The average molecular weight is 371 g/mol. The van der Waals surface area contributed by atoms with E-state index >= 15 is 0 Å². The molecule has 0 saturated carbocycles. The third-order valence-corrected chi connectivity index (χ3v) is 5.85. The summed E-state index contributed by atoms with van der Waals surface area (Å²) in [5.41, 5.74) is 2.24. The lowest BCUT2D eigenvalue weighted by molar-refractivity contribution is -0.119. The van der Waals surface area contributed by atoms with Crippen LogP contribution >= 0.6 is 11.8 Å². The van der Waals surface area contributed by atoms with Gasteiger partial charge in [0, 0.05) is 23.2 Å². The summed E-state index contributed by atoms with van der Waals surface area (Å²) < 4.78 is 5.44. The molecule has 0 spiro atoms. The molecule has 2 aromatic rings. The smallest absolute Gasteiger partial charge is 0.239 e. The maximum Gasteiger partial charge on any atom is 0.239 e. The first-order chi connectivity index (χ1) is 12.7. The van der Waals surface area contributed by atoms with Gasteiger partial charge in [0.25, 0.3) is 0 Å². The fraction of sp³-hybridized carbons (Fsp3) is 0.381. The third-order valence-electron chi connectivity index (χ3n) is 4.44. The number of para-hydroxylation sites is 1. The van der Waals surface area contributed by atoms with Crippen molar-refractivity contribution in [3.63, 3.8) is 0 Å². The molecule has 0 aromatic heterocycles. The second-order valence-electron chi connectivity index (χ2n) is 6.35. The van der Waals surface area contributed by atoms with Crippen LogP contribution in [0.4, 0.5) is 5.69 Å². The number of nitrogens with one attached hydrogen (secondary N) is 1. The van der Waals surface area contributed by atoms with Gasteiger partial charge in [-0.25, -0.2) is 0 Å². The van der Waals surface area contributed by atoms with E-state index < -0.39 is 0 Å². The molecule has 1 heterocycles. The highest BCUT2D eigenvalue weighted by molar-refractivity contribution is 8.00. The van der Waals surface area contributed by atoms with E-state index in [2.05, 4.69) is 35.3 Å². The van der Waals surface area contributed by atoms with Gasteiger partial charge in [0.15, 0.2) is 0 Å². The van der Waals surface area contributed by atoms with Crippen molar-refractivity contribution >= 4 is 23.4 Å². The van der Waals surface area contributed by atoms with E-state index in [0.717, 1.165) is 24.3 Å². The van der Waals surface area contributed by atoms with Crippen molar-refractivity contribution in [3.8, 4) is 5.75 Å². The first-order valence-corrected chi connectivity index (χ1v) is 10.1. The maximum atomic E-state index is 12.5. The van der Waals surface area contributed by atoms with Gasteiger partial charge in [-0.1, -0.05) is 31.2 Å². The number of carbonyl (C=O) groups is 1. The predicted octanol–water partition coefficient (Wildman–Crippen LogP) is 4.09. The molecule has 1 N–H and O–H groups in total. The Labute approximate surface area is 159 Å². The Morgan fingerprint density at radius 3 is 2.69 bits per heavy atom. The van der Waals surface area contributed by atoms with E-state index in [1.54, 1.807) is 0 Å². The topological polar surface area (TPSA) is 41.6 Å². The zero-order valence-corrected chi connectivity index (χ0v) is 16.2. The van der Waals surface area contributed by atoms with Crippen molar-refractivity contribution in [2.45, 2.75) is 37.0 Å². The van der Waals surface area contributed by atoms with Gasteiger partial charge in [0.05, 0.1) is 18.8 Å². The van der Waals surface area contributed by atoms with Crippen LogP contribution in [0.3, 0.4) is 0 Å². The largest absolute Gasteiger partial charge is 0.494 e. The second-order valence-corrected chi connectivity index (χ2v) is 7.69. The molecule has 0 saturated heterocycles. The zero-order valence-electron chi connectivity index (χ0n) is 15.4. The summed E-state index contributed by atoms with van der Waals surface area (Å²) >= 11 is 1.92. The van der Waals surface area contributed by atoms with Crippen LogP contribution < -0.4 is 15.0 Å². The number of fused-ring (bicyclic) bond motifs is 1. The number of carbonyl (C=O) groups excluding carboxylic acids is 1. The van der Waals surface area contributed by atoms with Crippen molar-refractivity contribution < 1.29 is 9.53 Å². The number of rotatable bonds is 7. The van der Waals surface area contributed by atoms with E-state index in [0.29, 0.717) is 24.9 Å². The highest BCUT2D eigenvalue weighted by Gasteiger charge is 2.25. The molecule has 0 radical (unpaired) electrons. The summed E-state index contributed by atoms with van der Waals surface area (Å²) in [5.74, 6) is 0.908. The molecule has 1 atom stereocenters. The molecule has 1 amide bonds. The van der Waals surface area contributed by atoms with Crippen LogP contribution in [0.5, 0.6) is 5.75 Å². The Morgan fingerprint density at radius 2 is 1.96 bits per heavy atom. The van der Waals surface area contributed by atoms with Gasteiger partial charge in [-0.2, -0.15) is 0 Å². The fourth-order valence-corrected chi connectivity index (χ4v) is 4.30. The van der Waals surface area contributed by atoms with Gasteiger partial charge < -0.3 is 15.0 Å². The van der Waals surface area contributed by atoms with Crippen molar-refractivity contribution in [2.24, 2.45) is 0 Å². The SMILES string of the molecule is CCOc1ccc(CNC(=O)CN2C[C@@H](CC)Sc3ccccc32)cc1. The van der Waals surface area contributed by atoms with E-state index in [1.165, 1.54) is 10.6 Å². The van der Waals surface area contributed by atoms with Crippen molar-refractivity contribution in [1.29, 1.82) is 0 Å². The van der Waals surface area contributed by atoms with E-state index in [4.69, 9.17) is 4.74 Å². The minimum Gasteiger partial charge on any atom is -0.494 e. The Hall–Kier alpha value is -2.14. The van der Waals surface area contributed by atoms with Gasteiger partial charge in [-0.15, -0.1) is 11.8 Å². The number of thioether (sulfide) groups is 1. The molecule has 1 aliphatic rings. The van der Waals surface area contributed by atoms with Gasteiger partial charge in [0.1, 0.15) is 5.75 Å². The van der Waals surface area contributed by atoms with Crippen molar-refractivity contribution in [3.05, 3.63) is 54.1 Å². The summed E-state index contributed by atoms with van der Waals surface area (Å²) in [6.45, 7) is 6.67. The number of amides is 1. The molecule has 0 bridgehead atoms. The Morgan fingerprint density at radius 1 is 1.19 bits per heavy atom. The standard InChI is InChI=1S/C21H26N2O2S/c1-3-18-14-23(19-7-5-6-8-20(19)26-18)15-21(24)22-13-16-9-11-17(12-10-16)25-4-2/h5-12,18H,3-4,13-15H2,1-2H3,(H,22,24)/t18-/m1/s1. The van der Waals surface area contributed by atoms with Crippen LogP contribution in [0.15, 0.2) is 53.4 Å². The Balaban J connectivity index is 1.57. The second kappa shape index (κ2) is 8.99. The molecule has 138 valence electrons. The number of anilines is 1. The summed E-state index contributed by atoms with van der Waals surface area (Å²) in [5, 5.41) is 3.56. The lowest BCUT2D eigenvalue weighted by Crippen LogP contribution is -2.42. The van der Waals surface area contributed by atoms with E-state index in [9.17, 15) is 4.79 Å². The number of hydrogen-bond donors (Lipinski definition) is 1. The number of benzene rings is 2. The highest BCUT2D eigenvalue weighted by Crippen LogP contribution is 2.39. The normalized spacial score (nSPS) is 16.1. The first-order valence-electron chi connectivity index (χ1n) is 9.18. The molecule has 1 aliphatic heterocycles. The van der Waals surface area contributed by atoms with E-state index in [-0.39, 0.29) is 5.91 Å². The third kappa shape index (κ3) is 4.73. The lowest BCUT2D eigenvalue weighted by atomic mass is 10.2. The number of hydrogen-bond acceptors (Lipinski definition) is 4. The molecule has 2 aromatic carbocycles. The minimum atomic E-state index is 0.0513. The molecule has 0 fully saturated rings. The van der Waals surface area contributed by atoms with Crippen LogP contribution in [0, 0.1) is 0 Å². The molecule has 0 aliphatic carbocycles. The van der Waals surface area contributed by atoms with Crippen molar-refractivity contribution in [2.75, 3.05) is 24.6 Å². The van der Waals surface area contributed by atoms with Crippen LogP contribution in [0.1, 0.15) is 25.8 Å². The monoisotopic (exact) mass is 370 g/mol.